The molecule has 11 heteroatoms. The van der Waals surface area contributed by atoms with Gasteiger partial charge in [0.05, 0.1) is 5.02 Å². The normalized spacial score (nSPS) is 14.6. The third-order valence-corrected chi connectivity index (χ3v) is 4.64. The van der Waals surface area contributed by atoms with Crippen LogP contribution in [0.3, 0.4) is 0 Å². The number of amides is 2. The van der Waals surface area contributed by atoms with Gasteiger partial charge in [0.2, 0.25) is 0 Å². The van der Waals surface area contributed by atoms with Gasteiger partial charge in [0.1, 0.15) is 25.1 Å². The van der Waals surface area contributed by atoms with Crippen LogP contribution in [-0.4, -0.2) is 40.9 Å². The lowest BCUT2D eigenvalue weighted by molar-refractivity contribution is -1.04. The van der Waals surface area contributed by atoms with E-state index in [0.29, 0.717) is 0 Å². The number of halogens is 5. The number of rotatable bonds is 6. The molecule has 0 aliphatic rings. The van der Waals surface area contributed by atoms with Crippen molar-refractivity contribution in [1.82, 2.24) is 4.98 Å². The van der Waals surface area contributed by atoms with Gasteiger partial charge >= 0.3 is 6.03 Å². The summed E-state index contributed by atoms with van der Waals surface area (Å²) in [5.74, 6) is -0.964. The number of aromatic nitrogens is 1. The van der Waals surface area contributed by atoms with E-state index in [9.17, 15) is 23.2 Å². The van der Waals surface area contributed by atoms with Gasteiger partial charge in [-0.2, -0.15) is 0 Å². The number of hydroxylamine groups is 3. The highest BCUT2D eigenvalue weighted by atomic mass is 35.5. The van der Waals surface area contributed by atoms with Crippen molar-refractivity contribution in [2.75, 3.05) is 13.7 Å². The fourth-order valence-electron chi connectivity index (χ4n) is 2.40. The predicted molar refractivity (Wildman–Crippen MR) is 97.1 cm³/mol. The molecule has 0 radical (unpaired) electrons. The number of pyridine rings is 1. The summed E-state index contributed by atoms with van der Waals surface area (Å²) < 4.78 is 43.4. The van der Waals surface area contributed by atoms with E-state index in [4.69, 9.17) is 33.7 Å². The van der Waals surface area contributed by atoms with Crippen LogP contribution in [0, 0.1) is 5.82 Å². The summed E-state index contributed by atoms with van der Waals surface area (Å²) in [7, 11) is 1.09. The van der Waals surface area contributed by atoms with E-state index in [0.717, 1.165) is 13.1 Å². The van der Waals surface area contributed by atoms with Crippen LogP contribution in [0.25, 0.3) is 11.1 Å². The number of hydrogen-bond donors (Lipinski definition) is 2. The Labute approximate surface area is 168 Å². The second-order valence-corrected chi connectivity index (χ2v) is 6.94. The Bertz CT molecular complexity index is 897. The van der Waals surface area contributed by atoms with E-state index in [1.165, 1.54) is 25.3 Å². The summed E-state index contributed by atoms with van der Waals surface area (Å²) in [5, 5.41) is 10.2. The van der Waals surface area contributed by atoms with Crippen molar-refractivity contribution in [2.45, 2.75) is 19.4 Å². The Morgan fingerprint density at radius 3 is 2.54 bits per heavy atom. The Hall–Kier alpha value is -2.07. The van der Waals surface area contributed by atoms with E-state index < -0.39 is 35.6 Å². The van der Waals surface area contributed by atoms with E-state index >= 15 is 0 Å². The molecule has 2 aromatic rings. The highest BCUT2D eigenvalue weighted by molar-refractivity contribution is 6.36. The van der Waals surface area contributed by atoms with Crippen molar-refractivity contribution in [3.63, 3.8) is 0 Å². The molecule has 0 spiro atoms. The molecular weight excluding hydrogens is 422 g/mol. The molecule has 1 aromatic carbocycles. The molecular formula is C17H17Cl2F3N3O3+. The number of carbonyl (C=O) groups excluding carboxylic acids is 1. The summed E-state index contributed by atoms with van der Waals surface area (Å²) >= 11 is 12.0. The van der Waals surface area contributed by atoms with Crippen LogP contribution in [0.4, 0.5) is 18.0 Å². The molecule has 3 N–H and O–H groups in total. The maximum absolute atomic E-state index is 14.7. The standard InChI is InChI=1S/C17H16Cl2F3N3O3/c1-8(25(2,27)17(23)26)15-13(20)3-9(6-24-15)11-4-10(18)5-12(19)16(11)28-7-14(21)22/h3-6,8,14,27H,7H2,1-2H3,(H-,23,26)/p+1/t8?,25-/m1/s1. The minimum atomic E-state index is -2.74. The monoisotopic (exact) mass is 438 g/mol. The fourth-order valence-corrected chi connectivity index (χ4v) is 2.95. The number of nitrogens with zero attached hydrogens (tertiary/aromatic N) is 2. The molecule has 0 saturated heterocycles. The largest absolute Gasteiger partial charge is 0.485 e. The number of carbonyl (C=O) groups is 1. The first kappa shape index (κ1) is 22.2. The lowest BCUT2D eigenvalue weighted by atomic mass is 10.0. The zero-order valence-electron chi connectivity index (χ0n) is 14.8. The maximum Gasteiger partial charge on any atom is 0.446 e. The van der Waals surface area contributed by atoms with Gasteiger partial charge in [-0.15, -0.1) is 0 Å². The maximum atomic E-state index is 14.7. The van der Waals surface area contributed by atoms with E-state index in [1.807, 2.05) is 0 Å². The molecule has 6 nitrogen and oxygen atoms in total. The second kappa shape index (κ2) is 8.52. The molecule has 0 aliphatic carbocycles. The van der Waals surface area contributed by atoms with Crippen molar-refractivity contribution < 1.29 is 32.6 Å². The van der Waals surface area contributed by atoms with Crippen LogP contribution in [-0.2, 0) is 0 Å². The Morgan fingerprint density at radius 1 is 1.36 bits per heavy atom. The smallest absolute Gasteiger partial charge is 0.446 e. The zero-order valence-corrected chi connectivity index (χ0v) is 16.3. The number of alkyl halides is 2. The Balaban J connectivity index is 2.50. The highest BCUT2D eigenvalue weighted by Gasteiger charge is 2.38. The van der Waals surface area contributed by atoms with Crippen molar-refractivity contribution in [3.8, 4) is 16.9 Å². The van der Waals surface area contributed by atoms with Gasteiger partial charge in [-0.3, -0.25) is 4.98 Å². The van der Waals surface area contributed by atoms with Gasteiger partial charge in [0, 0.05) is 22.3 Å². The number of nitrogens with two attached hydrogens (primary N) is 1. The average molecular weight is 439 g/mol. The van der Waals surface area contributed by atoms with Crippen LogP contribution in [0.5, 0.6) is 5.75 Å². The number of benzene rings is 1. The molecule has 1 heterocycles. The summed E-state index contributed by atoms with van der Waals surface area (Å²) in [5.41, 5.74) is 5.19. The molecule has 1 aromatic heterocycles. The minimum absolute atomic E-state index is 0.0330. The Kier molecular flexibility index (Phi) is 6.76. The highest BCUT2D eigenvalue weighted by Crippen LogP contribution is 2.40. The van der Waals surface area contributed by atoms with Crippen molar-refractivity contribution in [2.24, 2.45) is 5.73 Å². The average Bonchev–Trinajstić information content (AvgIpc) is 2.59. The van der Waals surface area contributed by atoms with Gasteiger partial charge in [-0.05, 0) is 25.1 Å². The molecule has 0 aliphatic heterocycles. The van der Waals surface area contributed by atoms with Crippen LogP contribution in [0.1, 0.15) is 18.7 Å². The van der Waals surface area contributed by atoms with Gasteiger partial charge in [-0.1, -0.05) is 27.8 Å². The van der Waals surface area contributed by atoms with Crippen LogP contribution >= 0.6 is 23.2 Å². The van der Waals surface area contributed by atoms with Gasteiger partial charge in [-0.25, -0.2) is 23.2 Å². The predicted octanol–water partition coefficient (Wildman–Crippen LogP) is 4.81. The summed E-state index contributed by atoms with van der Waals surface area (Å²) in [6, 6.07) is 1.50. The molecule has 0 fully saturated rings. The summed E-state index contributed by atoms with van der Waals surface area (Å²) in [6.07, 6.45) is -1.53. The fraction of sp³-hybridized carbons (Fsp3) is 0.294. The molecule has 152 valence electrons. The van der Waals surface area contributed by atoms with E-state index in [-0.39, 0.29) is 32.6 Å². The molecule has 28 heavy (non-hydrogen) atoms. The van der Waals surface area contributed by atoms with Crippen LogP contribution < -0.4 is 10.5 Å². The number of quaternary nitrogens is 1. The van der Waals surface area contributed by atoms with Crippen molar-refractivity contribution >= 4 is 29.2 Å². The molecule has 2 amide bonds. The van der Waals surface area contributed by atoms with E-state index in [1.54, 1.807) is 0 Å². The number of ether oxygens (including phenoxy) is 1. The number of primary amides is 1. The first-order chi connectivity index (χ1) is 12.9. The molecule has 0 saturated carbocycles. The second-order valence-electron chi connectivity index (χ2n) is 6.10. The zero-order chi connectivity index (χ0) is 21.2. The van der Waals surface area contributed by atoms with Gasteiger partial charge in [0.15, 0.2) is 11.9 Å². The van der Waals surface area contributed by atoms with Crippen LogP contribution in [0.15, 0.2) is 24.4 Å². The molecule has 2 rings (SSSR count). The summed E-state index contributed by atoms with van der Waals surface area (Å²) in [4.78, 5) is 15.3. The minimum Gasteiger partial charge on any atom is -0.485 e. The Morgan fingerprint density at radius 2 is 2.00 bits per heavy atom. The SMILES string of the molecule is CC(c1ncc(-c2cc(Cl)cc(Cl)c2OCC(F)F)cc1F)[N@@+](C)(O)C(N)=O. The number of urea groups is 1. The topological polar surface area (TPSA) is 85.4 Å². The first-order valence-electron chi connectivity index (χ1n) is 7.89. The molecule has 1 unspecified atom stereocenters. The van der Waals surface area contributed by atoms with Crippen molar-refractivity contribution in [3.05, 3.63) is 46.0 Å². The lowest BCUT2D eigenvalue weighted by Gasteiger charge is -2.26. The molecule has 0 bridgehead atoms. The third kappa shape index (κ3) is 4.67. The quantitative estimate of drug-likeness (QED) is 0.384. The van der Waals surface area contributed by atoms with E-state index in [2.05, 4.69) is 4.98 Å². The van der Waals surface area contributed by atoms with Crippen LogP contribution in [0.2, 0.25) is 10.0 Å². The van der Waals surface area contributed by atoms with Gasteiger partial charge in [0.25, 0.3) is 6.43 Å². The number of hydrogen-bond acceptors (Lipinski definition) is 4. The molecule has 2 atom stereocenters. The summed E-state index contributed by atoms with van der Waals surface area (Å²) in [6.45, 7) is 0.446. The third-order valence-electron chi connectivity index (χ3n) is 4.14. The van der Waals surface area contributed by atoms with Gasteiger partial charge < -0.3 is 10.5 Å². The van der Waals surface area contributed by atoms with Crippen molar-refractivity contribution in [1.29, 1.82) is 0 Å². The lowest BCUT2D eigenvalue weighted by Crippen LogP contribution is -2.51. The first-order valence-corrected chi connectivity index (χ1v) is 8.65.